The first-order valence-electron chi connectivity index (χ1n) is 6.69. The van der Waals surface area contributed by atoms with Gasteiger partial charge in [0.15, 0.2) is 0 Å². The maximum Gasteiger partial charge on any atom is 0.220 e. The molecule has 100 valence electrons. The highest BCUT2D eigenvalue weighted by molar-refractivity contribution is 5.77. The SMILES string of the molecule is CCCCCC(=O)NC(C)(CN)c1ccccc1. The van der Waals surface area contributed by atoms with Crippen LogP contribution < -0.4 is 11.1 Å². The van der Waals surface area contributed by atoms with E-state index in [0.717, 1.165) is 24.8 Å². The van der Waals surface area contributed by atoms with Crippen LogP contribution in [-0.4, -0.2) is 12.5 Å². The van der Waals surface area contributed by atoms with Crippen molar-refractivity contribution in [3.05, 3.63) is 35.9 Å². The molecule has 0 heterocycles. The highest BCUT2D eigenvalue weighted by Crippen LogP contribution is 2.19. The van der Waals surface area contributed by atoms with Crippen LogP contribution in [0.2, 0.25) is 0 Å². The van der Waals surface area contributed by atoms with Crippen molar-refractivity contribution < 1.29 is 4.79 Å². The van der Waals surface area contributed by atoms with Crippen molar-refractivity contribution in [2.24, 2.45) is 5.73 Å². The van der Waals surface area contributed by atoms with Gasteiger partial charge in [0.1, 0.15) is 0 Å². The summed E-state index contributed by atoms with van der Waals surface area (Å²) in [6.45, 7) is 4.50. The molecule has 0 bridgehead atoms. The minimum absolute atomic E-state index is 0.0836. The van der Waals surface area contributed by atoms with Crippen LogP contribution in [0, 0.1) is 0 Å². The van der Waals surface area contributed by atoms with E-state index in [9.17, 15) is 4.79 Å². The fourth-order valence-corrected chi connectivity index (χ4v) is 1.95. The molecule has 0 radical (unpaired) electrons. The van der Waals surface area contributed by atoms with E-state index in [1.807, 2.05) is 37.3 Å². The fraction of sp³-hybridized carbons (Fsp3) is 0.533. The maximum absolute atomic E-state index is 11.9. The average Bonchev–Trinajstić information content (AvgIpc) is 2.40. The van der Waals surface area contributed by atoms with Gasteiger partial charge in [-0.3, -0.25) is 4.79 Å². The van der Waals surface area contributed by atoms with Crippen LogP contribution in [0.4, 0.5) is 0 Å². The Balaban J connectivity index is 2.63. The van der Waals surface area contributed by atoms with E-state index >= 15 is 0 Å². The molecule has 1 atom stereocenters. The molecule has 1 amide bonds. The predicted octanol–water partition coefficient (Wildman–Crippen LogP) is 2.56. The van der Waals surface area contributed by atoms with Crippen molar-refractivity contribution in [1.82, 2.24) is 5.32 Å². The zero-order valence-electron chi connectivity index (χ0n) is 11.4. The summed E-state index contributed by atoms with van der Waals surface area (Å²) in [5.41, 5.74) is 6.41. The standard InChI is InChI=1S/C15H24N2O/c1-3-4-6-11-14(18)17-15(2,12-16)13-9-7-5-8-10-13/h5,7-10H,3-4,6,11-12,16H2,1-2H3,(H,17,18). The fourth-order valence-electron chi connectivity index (χ4n) is 1.95. The minimum Gasteiger partial charge on any atom is -0.346 e. The molecular formula is C15H24N2O. The summed E-state index contributed by atoms with van der Waals surface area (Å²) in [4.78, 5) is 11.9. The molecule has 3 nitrogen and oxygen atoms in total. The Morgan fingerprint density at radius 3 is 2.50 bits per heavy atom. The number of unbranched alkanes of at least 4 members (excludes halogenated alkanes) is 2. The number of benzene rings is 1. The van der Waals surface area contributed by atoms with Gasteiger partial charge in [-0.1, -0.05) is 50.1 Å². The van der Waals surface area contributed by atoms with Crippen LogP contribution in [0.3, 0.4) is 0 Å². The number of carbonyl (C=O) groups is 1. The molecule has 0 fully saturated rings. The van der Waals surface area contributed by atoms with E-state index < -0.39 is 5.54 Å². The molecule has 0 spiro atoms. The van der Waals surface area contributed by atoms with Crippen molar-refractivity contribution in [3.63, 3.8) is 0 Å². The molecule has 3 N–H and O–H groups in total. The molecule has 1 unspecified atom stereocenters. The quantitative estimate of drug-likeness (QED) is 0.729. The lowest BCUT2D eigenvalue weighted by atomic mass is 9.92. The van der Waals surface area contributed by atoms with Gasteiger partial charge in [0, 0.05) is 13.0 Å². The summed E-state index contributed by atoms with van der Waals surface area (Å²) in [5, 5.41) is 3.05. The first-order valence-corrected chi connectivity index (χ1v) is 6.69. The lowest BCUT2D eigenvalue weighted by molar-refractivity contribution is -0.123. The van der Waals surface area contributed by atoms with Gasteiger partial charge in [-0.25, -0.2) is 0 Å². The van der Waals surface area contributed by atoms with Gasteiger partial charge in [0.25, 0.3) is 0 Å². The monoisotopic (exact) mass is 248 g/mol. The Morgan fingerprint density at radius 1 is 1.28 bits per heavy atom. The maximum atomic E-state index is 11.9. The zero-order valence-corrected chi connectivity index (χ0v) is 11.4. The summed E-state index contributed by atoms with van der Waals surface area (Å²) in [6.07, 6.45) is 3.74. The van der Waals surface area contributed by atoms with Crippen molar-refractivity contribution in [2.75, 3.05) is 6.54 Å². The molecule has 1 aromatic rings. The topological polar surface area (TPSA) is 55.1 Å². The first-order chi connectivity index (χ1) is 8.62. The highest BCUT2D eigenvalue weighted by Gasteiger charge is 2.26. The van der Waals surface area contributed by atoms with E-state index in [2.05, 4.69) is 12.2 Å². The van der Waals surface area contributed by atoms with Gasteiger partial charge in [0.2, 0.25) is 5.91 Å². The number of rotatable bonds is 7. The van der Waals surface area contributed by atoms with Gasteiger partial charge in [-0.05, 0) is 18.9 Å². The number of hydrogen-bond acceptors (Lipinski definition) is 2. The Bertz CT molecular complexity index is 364. The average molecular weight is 248 g/mol. The van der Waals surface area contributed by atoms with Gasteiger partial charge >= 0.3 is 0 Å². The first kappa shape index (κ1) is 14.7. The van der Waals surface area contributed by atoms with Crippen molar-refractivity contribution in [1.29, 1.82) is 0 Å². The van der Waals surface area contributed by atoms with Gasteiger partial charge in [0.05, 0.1) is 5.54 Å². The summed E-state index contributed by atoms with van der Waals surface area (Å²) in [5.74, 6) is 0.0836. The van der Waals surface area contributed by atoms with E-state index in [0.29, 0.717) is 13.0 Å². The number of amides is 1. The number of carbonyl (C=O) groups excluding carboxylic acids is 1. The second-order valence-corrected chi connectivity index (χ2v) is 4.91. The van der Waals surface area contributed by atoms with Crippen LogP contribution in [0.15, 0.2) is 30.3 Å². The molecule has 3 heteroatoms. The Hall–Kier alpha value is -1.35. The number of nitrogens with two attached hydrogens (primary N) is 1. The molecular weight excluding hydrogens is 224 g/mol. The van der Waals surface area contributed by atoms with Crippen LogP contribution >= 0.6 is 0 Å². The summed E-state index contributed by atoms with van der Waals surface area (Å²) >= 11 is 0. The summed E-state index contributed by atoms with van der Waals surface area (Å²) in [6, 6.07) is 9.89. The van der Waals surface area contributed by atoms with Crippen LogP contribution in [-0.2, 0) is 10.3 Å². The highest BCUT2D eigenvalue weighted by atomic mass is 16.1. The van der Waals surface area contributed by atoms with E-state index in [4.69, 9.17) is 5.73 Å². The third kappa shape index (κ3) is 4.15. The second-order valence-electron chi connectivity index (χ2n) is 4.91. The van der Waals surface area contributed by atoms with Crippen molar-refractivity contribution >= 4 is 5.91 Å². The molecule has 0 aliphatic rings. The van der Waals surface area contributed by atoms with Crippen LogP contribution in [0.5, 0.6) is 0 Å². The molecule has 1 aromatic carbocycles. The second kappa shape index (κ2) is 7.17. The smallest absolute Gasteiger partial charge is 0.220 e. The molecule has 0 aromatic heterocycles. The number of hydrogen-bond donors (Lipinski definition) is 2. The summed E-state index contributed by atoms with van der Waals surface area (Å²) in [7, 11) is 0. The third-order valence-corrected chi connectivity index (χ3v) is 3.24. The Morgan fingerprint density at radius 2 is 1.94 bits per heavy atom. The lowest BCUT2D eigenvalue weighted by Crippen LogP contribution is -2.48. The largest absolute Gasteiger partial charge is 0.346 e. The minimum atomic E-state index is -0.468. The van der Waals surface area contributed by atoms with Gasteiger partial charge in [-0.2, -0.15) is 0 Å². The normalized spacial score (nSPS) is 13.9. The van der Waals surface area contributed by atoms with Crippen LogP contribution in [0.1, 0.15) is 45.1 Å². The molecule has 0 saturated carbocycles. The molecule has 1 rings (SSSR count). The summed E-state index contributed by atoms with van der Waals surface area (Å²) < 4.78 is 0. The number of nitrogens with one attached hydrogen (secondary N) is 1. The molecule has 0 saturated heterocycles. The van der Waals surface area contributed by atoms with Crippen LogP contribution in [0.25, 0.3) is 0 Å². The zero-order chi connectivity index (χ0) is 13.4. The Labute approximate surface area is 110 Å². The molecule has 18 heavy (non-hydrogen) atoms. The Kier molecular flexibility index (Phi) is 5.86. The molecule has 0 aliphatic carbocycles. The third-order valence-electron chi connectivity index (χ3n) is 3.24. The van der Waals surface area contributed by atoms with Gasteiger partial charge < -0.3 is 11.1 Å². The predicted molar refractivity (Wildman–Crippen MR) is 75.1 cm³/mol. The van der Waals surface area contributed by atoms with E-state index in [1.54, 1.807) is 0 Å². The molecule has 0 aliphatic heterocycles. The van der Waals surface area contributed by atoms with E-state index in [1.165, 1.54) is 0 Å². The lowest BCUT2D eigenvalue weighted by Gasteiger charge is -2.30. The van der Waals surface area contributed by atoms with Crippen molar-refractivity contribution in [3.8, 4) is 0 Å². The van der Waals surface area contributed by atoms with Gasteiger partial charge in [-0.15, -0.1) is 0 Å². The van der Waals surface area contributed by atoms with Crippen molar-refractivity contribution in [2.45, 2.75) is 45.1 Å². The van der Waals surface area contributed by atoms with E-state index in [-0.39, 0.29) is 5.91 Å².